The topological polar surface area (TPSA) is 85.2 Å². The first-order valence-electron chi connectivity index (χ1n) is 4.50. The van der Waals surface area contributed by atoms with E-state index in [2.05, 4.69) is 6.58 Å². The van der Waals surface area contributed by atoms with Gasteiger partial charge < -0.3 is 24.4 Å². The molecule has 0 heterocycles. The summed E-state index contributed by atoms with van der Waals surface area (Å²) in [5.41, 5.74) is 0. The van der Waals surface area contributed by atoms with Crippen molar-refractivity contribution in [2.75, 3.05) is 39.6 Å². The second kappa shape index (κ2) is 9.45. The molecule has 0 aliphatic rings. The Kier molecular flexibility index (Phi) is 8.75. The Morgan fingerprint density at radius 1 is 1.07 bits per heavy atom. The number of ether oxygens (including phenoxy) is 3. The number of hydrogen-bond acceptors (Lipinski definition) is 5. The Labute approximate surface area is 88.1 Å². The van der Waals surface area contributed by atoms with Crippen LogP contribution in [0.15, 0.2) is 12.3 Å². The van der Waals surface area contributed by atoms with Crippen LogP contribution in [0.1, 0.15) is 0 Å². The van der Waals surface area contributed by atoms with Crippen LogP contribution in [0, 0.1) is 0 Å². The van der Waals surface area contributed by atoms with Crippen LogP contribution in [0.5, 0.6) is 0 Å². The van der Waals surface area contributed by atoms with Gasteiger partial charge in [-0.05, 0) is 6.58 Å². The van der Waals surface area contributed by atoms with Gasteiger partial charge in [-0.15, -0.1) is 0 Å². The van der Waals surface area contributed by atoms with Gasteiger partial charge in [0.2, 0.25) is 0 Å². The Balaban J connectivity index is 3.11. The van der Waals surface area contributed by atoms with Crippen molar-refractivity contribution in [3.8, 4) is 0 Å². The lowest BCUT2D eigenvalue weighted by molar-refractivity contribution is -0.136. The molecule has 6 nitrogen and oxygen atoms in total. The Morgan fingerprint density at radius 3 is 2.13 bits per heavy atom. The first-order chi connectivity index (χ1) is 7.18. The van der Waals surface area contributed by atoms with Crippen LogP contribution >= 0.6 is 0 Å². The molecular formula is C9H16O6. The summed E-state index contributed by atoms with van der Waals surface area (Å²) in [6, 6.07) is 0. The molecule has 0 bridgehead atoms. The van der Waals surface area contributed by atoms with Crippen molar-refractivity contribution < 1.29 is 29.2 Å². The van der Waals surface area contributed by atoms with E-state index in [0.29, 0.717) is 13.2 Å². The minimum absolute atomic E-state index is 0.0124. The van der Waals surface area contributed by atoms with Crippen molar-refractivity contribution in [3.63, 3.8) is 0 Å². The lowest BCUT2D eigenvalue weighted by Gasteiger charge is -2.06. The minimum atomic E-state index is -1.18. The highest BCUT2D eigenvalue weighted by Gasteiger charge is 2.03. The van der Waals surface area contributed by atoms with Gasteiger partial charge in [0.05, 0.1) is 33.0 Å². The lowest BCUT2D eigenvalue weighted by Crippen LogP contribution is -2.12. The molecule has 15 heavy (non-hydrogen) atoms. The highest BCUT2D eigenvalue weighted by molar-refractivity contribution is 5.83. The molecular weight excluding hydrogens is 204 g/mol. The van der Waals surface area contributed by atoms with Gasteiger partial charge in [-0.1, -0.05) is 0 Å². The number of aliphatic hydroxyl groups is 1. The zero-order chi connectivity index (χ0) is 11.5. The summed E-state index contributed by atoms with van der Waals surface area (Å²) >= 11 is 0. The normalized spacial score (nSPS) is 9.93. The molecule has 88 valence electrons. The predicted molar refractivity (Wildman–Crippen MR) is 51.5 cm³/mol. The molecule has 0 atom stereocenters. The number of aliphatic carboxylic acids is 1. The van der Waals surface area contributed by atoms with Gasteiger partial charge in [0.1, 0.15) is 6.61 Å². The van der Waals surface area contributed by atoms with Gasteiger partial charge in [-0.25, -0.2) is 4.79 Å². The second-order valence-corrected chi connectivity index (χ2v) is 2.53. The molecule has 0 aliphatic heterocycles. The summed E-state index contributed by atoms with van der Waals surface area (Å²) in [5, 5.41) is 16.7. The fraction of sp³-hybridized carbons (Fsp3) is 0.667. The van der Waals surface area contributed by atoms with Crippen molar-refractivity contribution in [2.24, 2.45) is 0 Å². The smallest absolute Gasteiger partial charge is 0.370 e. The molecule has 2 N–H and O–H groups in total. The summed E-state index contributed by atoms with van der Waals surface area (Å²) in [5.74, 6) is -1.48. The first-order valence-corrected chi connectivity index (χ1v) is 4.50. The summed E-state index contributed by atoms with van der Waals surface area (Å²) in [4.78, 5) is 10.2. The molecule has 0 unspecified atom stereocenters. The molecule has 0 radical (unpaired) electrons. The third kappa shape index (κ3) is 9.20. The van der Waals surface area contributed by atoms with E-state index in [0.717, 1.165) is 0 Å². The minimum Gasteiger partial charge on any atom is -0.485 e. The van der Waals surface area contributed by atoms with Gasteiger partial charge in [-0.2, -0.15) is 0 Å². The fourth-order valence-electron chi connectivity index (χ4n) is 0.672. The molecule has 0 saturated carbocycles. The molecule has 0 aliphatic carbocycles. The molecule has 0 fully saturated rings. The highest BCUT2D eigenvalue weighted by Crippen LogP contribution is 1.92. The van der Waals surface area contributed by atoms with E-state index in [1.54, 1.807) is 0 Å². The summed E-state index contributed by atoms with van der Waals surface area (Å²) in [7, 11) is 0. The van der Waals surface area contributed by atoms with Crippen LogP contribution in [0.25, 0.3) is 0 Å². The molecule has 6 heteroatoms. The standard InChI is InChI=1S/C9H16O6/c1-8(9(11)12)15-7-6-14-5-4-13-3-2-10/h10H,1-7H2,(H,11,12). The average molecular weight is 220 g/mol. The number of carboxylic acid groups (broad SMARTS) is 1. The number of carbonyl (C=O) groups is 1. The van der Waals surface area contributed by atoms with Crippen LogP contribution in [-0.4, -0.2) is 55.8 Å². The van der Waals surface area contributed by atoms with E-state index in [9.17, 15) is 4.79 Å². The molecule has 0 spiro atoms. The summed E-state index contributed by atoms with van der Waals surface area (Å²) in [6.07, 6.45) is 0. The van der Waals surface area contributed by atoms with E-state index in [1.807, 2.05) is 0 Å². The fourth-order valence-corrected chi connectivity index (χ4v) is 0.672. The van der Waals surface area contributed by atoms with Crippen LogP contribution in [-0.2, 0) is 19.0 Å². The monoisotopic (exact) mass is 220 g/mol. The molecule has 0 amide bonds. The van der Waals surface area contributed by atoms with E-state index >= 15 is 0 Å². The van der Waals surface area contributed by atoms with Crippen molar-refractivity contribution in [1.82, 2.24) is 0 Å². The largest absolute Gasteiger partial charge is 0.485 e. The van der Waals surface area contributed by atoms with Crippen molar-refractivity contribution in [1.29, 1.82) is 0 Å². The van der Waals surface area contributed by atoms with Gasteiger partial charge in [0.15, 0.2) is 5.76 Å². The number of rotatable bonds is 10. The molecule has 0 aromatic carbocycles. The maximum absolute atomic E-state index is 10.2. The Morgan fingerprint density at radius 2 is 1.60 bits per heavy atom. The van der Waals surface area contributed by atoms with Gasteiger partial charge in [0, 0.05) is 0 Å². The van der Waals surface area contributed by atoms with Crippen molar-refractivity contribution in [3.05, 3.63) is 12.3 Å². The lowest BCUT2D eigenvalue weighted by atomic mass is 10.6. The van der Waals surface area contributed by atoms with E-state index in [4.69, 9.17) is 24.4 Å². The van der Waals surface area contributed by atoms with Gasteiger partial charge >= 0.3 is 5.97 Å². The molecule has 0 aromatic heterocycles. The zero-order valence-corrected chi connectivity index (χ0v) is 8.48. The number of carboxylic acids is 1. The highest BCUT2D eigenvalue weighted by atomic mass is 16.6. The Hall–Kier alpha value is -1.11. The van der Waals surface area contributed by atoms with E-state index in [1.165, 1.54) is 0 Å². The van der Waals surface area contributed by atoms with Crippen molar-refractivity contribution in [2.45, 2.75) is 0 Å². The van der Waals surface area contributed by atoms with Gasteiger partial charge in [0.25, 0.3) is 0 Å². The number of hydrogen-bond donors (Lipinski definition) is 2. The maximum atomic E-state index is 10.2. The SMILES string of the molecule is C=C(OCCOCCOCCO)C(=O)O. The maximum Gasteiger partial charge on any atom is 0.370 e. The predicted octanol–water partition coefficient (Wildman–Crippen LogP) is -0.373. The average Bonchev–Trinajstić information content (AvgIpc) is 2.21. The quantitative estimate of drug-likeness (QED) is 0.297. The first kappa shape index (κ1) is 13.9. The summed E-state index contributed by atoms with van der Waals surface area (Å²) in [6.45, 7) is 4.64. The third-order valence-corrected chi connectivity index (χ3v) is 1.35. The second-order valence-electron chi connectivity index (χ2n) is 2.53. The van der Waals surface area contributed by atoms with E-state index < -0.39 is 5.97 Å². The van der Waals surface area contributed by atoms with E-state index in [-0.39, 0.29) is 32.2 Å². The Bertz CT molecular complexity index is 191. The number of aliphatic hydroxyl groups excluding tert-OH is 1. The molecule has 0 aromatic rings. The zero-order valence-electron chi connectivity index (χ0n) is 8.48. The van der Waals surface area contributed by atoms with Crippen LogP contribution < -0.4 is 0 Å². The van der Waals surface area contributed by atoms with Crippen molar-refractivity contribution >= 4 is 5.97 Å². The summed E-state index contributed by atoms with van der Waals surface area (Å²) < 4.78 is 14.7. The van der Waals surface area contributed by atoms with Crippen LogP contribution in [0.4, 0.5) is 0 Å². The molecule has 0 saturated heterocycles. The molecule has 0 rings (SSSR count). The van der Waals surface area contributed by atoms with Crippen LogP contribution in [0.2, 0.25) is 0 Å². The van der Waals surface area contributed by atoms with Crippen LogP contribution in [0.3, 0.4) is 0 Å². The van der Waals surface area contributed by atoms with Gasteiger partial charge in [-0.3, -0.25) is 0 Å². The third-order valence-electron chi connectivity index (χ3n) is 1.35.